The van der Waals surface area contributed by atoms with Gasteiger partial charge in [-0.2, -0.15) is 0 Å². The van der Waals surface area contributed by atoms with Crippen LogP contribution < -0.4 is 5.56 Å². The van der Waals surface area contributed by atoms with E-state index in [9.17, 15) is 4.79 Å². The lowest BCUT2D eigenvalue weighted by Gasteiger charge is -2.32. The number of likely N-dealkylation sites (N-methyl/N-ethyl adjacent to an activating group) is 1. The molecule has 0 N–H and O–H groups in total. The molecule has 0 aliphatic carbocycles. The molecule has 3 aromatic heterocycles. The fourth-order valence-corrected chi connectivity index (χ4v) is 5.00. The maximum absolute atomic E-state index is 13.2. The van der Waals surface area contributed by atoms with Gasteiger partial charge in [0.05, 0.1) is 11.0 Å². The van der Waals surface area contributed by atoms with Gasteiger partial charge in [-0.1, -0.05) is 24.3 Å². The van der Waals surface area contributed by atoms with Crippen molar-refractivity contribution in [1.82, 2.24) is 24.3 Å². The Balaban J connectivity index is 1.44. The summed E-state index contributed by atoms with van der Waals surface area (Å²) in [6, 6.07) is 22.2. The van der Waals surface area contributed by atoms with Gasteiger partial charge in [-0.25, -0.2) is 0 Å². The minimum absolute atomic E-state index is 0.0516. The first-order valence-corrected chi connectivity index (χ1v) is 12.4. The number of pyridine rings is 3. The Morgan fingerprint density at radius 1 is 0.806 bits per heavy atom. The van der Waals surface area contributed by atoms with Gasteiger partial charge >= 0.3 is 0 Å². The van der Waals surface area contributed by atoms with E-state index in [0.717, 1.165) is 77.0 Å². The molecule has 6 nitrogen and oxygen atoms in total. The molecule has 2 aromatic carbocycles. The van der Waals surface area contributed by atoms with Crippen molar-refractivity contribution in [3.63, 3.8) is 0 Å². The Bertz CT molecular complexity index is 1600. The fraction of sp³-hybridized carbons (Fsp3) is 0.233. The van der Waals surface area contributed by atoms with Gasteiger partial charge in [-0.15, -0.1) is 0 Å². The van der Waals surface area contributed by atoms with Crippen molar-refractivity contribution in [3.05, 3.63) is 101 Å². The van der Waals surface area contributed by atoms with Crippen molar-refractivity contribution in [2.75, 3.05) is 33.2 Å². The van der Waals surface area contributed by atoms with Crippen LogP contribution in [0.5, 0.6) is 0 Å². The minimum atomic E-state index is -0.0516. The molecule has 1 aliphatic rings. The van der Waals surface area contributed by atoms with Crippen LogP contribution in [-0.2, 0) is 6.54 Å². The van der Waals surface area contributed by atoms with E-state index in [0.29, 0.717) is 0 Å². The van der Waals surface area contributed by atoms with E-state index in [1.807, 2.05) is 42.1 Å². The second kappa shape index (κ2) is 9.30. The average Bonchev–Trinajstić information content (AvgIpc) is 2.90. The molecule has 5 aromatic rings. The topological polar surface area (TPSA) is 54.3 Å². The van der Waals surface area contributed by atoms with E-state index in [1.54, 1.807) is 6.07 Å². The van der Waals surface area contributed by atoms with E-state index in [-0.39, 0.29) is 5.56 Å². The van der Waals surface area contributed by atoms with Crippen LogP contribution in [-0.4, -0.2) is 57.6 Å². The first kappa shape index (κ1) is 22.6. The van der Waals surface area contributed by atoms with Crippen molar-refractivity contribution in [1.29, 1.82) is 0 Å². The summed E-state index contributed by atoms with van der Waals surface area (Å²) in [5.41, 5.74) is 6.88. The summed E-state index contributed by atoms with van der Waals surface area (Å²) in [6.07, 6.45) is 3.74. The molecule has 0 saturated carbocycles. The Hall–Kier alpha value is -3.87. The largest absolute Gasteiger partial charge is 0.304 e. The number of fused-ring (bicyclic) bond motifs is 3. The number of benzene rings is 2. The van der Waals surface area contributed by atoms with Crippen molar-refractivity contribution in [2.24, 2.45) is 0 Å². The number of hydrogen-bond acceptors (Lipinski definition) is 5. The molecule has 0 spiro atoms. The third-order valence-electron chi connectivity index (χ3n) is 7.16. The smallest absolute Gasteiger partial charge is 0.255 e. The Morgan fingerprint density at radius 2 is 1.58 bits per heavy atom. The zero-order valence-corrected chi connectivity index (χ0v) is 20.7. The normalized spacial score (nSPS) is 15.1. The number of aryl methyl sites for hydroxylation is 1. The van der Waals surface area contributed by atoms with Crippen LogP contribution in [0.2, 0.25) is 0 Å². The summed E-state index contributed by atoms with van der Waals surface area (Å²) in [5, 5.41) is 1.88. The van der Waals surface area contributed by atoms with Crippen LogP contribution in [0.4, 0.5) is 0 Å². The summed E-state index contributed by atoms with van der Waals surface area (Å²) >= 11 is 0. The first-order chi connectivity index (χ1) is 17.5. The lowest BCUT2D eigenvalue weighted by atomic mass is 10.0. The highest BCUT2D eigenvalue weighted by atomic mass is 16.1. The summed E-state index contributed by atoms with van der Waals surface area (Å²) in [4.78, 5) is 27.2. The second-order valence-electron chi connectivity index (χ2n) is 9.74. The lowest BCUT2D eigenvalue weighted by molar-refractivity contribution is 0.148. The molecule has 36 heavy (non-hydrogen) atoms. The van der Waals surface area contributed by atoms with Crippen molar-refractivity contribution >= 4 is 21.8 Å². The lowest BCUT2D eigenvalue weighted by Crippen LogP contribution is -2.43. The zero-order chi connectivity index (χ0) is 24.6. The minimum Gasteiger partial charge on any atom is -0.304 e. The van der Waals surface area contributed by atoms with Gasteiger partial charge in [-0.3, -0.25) is 24.2 Å². The van der Waals surface area contributed by atoms with Gasteiger partial charge in [0.2, 0.25) is 0 Å². The summed E-state index contributed by atoms with van der Waals surface area (Å²) < 4.78 is 1.82. The maximum atomic E-state index is 13.2. The number of aromatic nitrogens is 3. The zero-order valence-electron chi connectivity index (χ0n) is 20.7. The van der Waals surface area contributed by atoms with E-state index >= 15 is 0 Å². The number of hydrogen-bond donors (Lipinski definition) is 0. The highest BCUT2D eigenvalue weighted by molar-refractivity contribution is 6.05. The molecule has 6 heteroatoms. The first-order valence-electron chi connectivity index (χ1n) is 12.4. The Morgan fingerprint density at radius 3 is 2.33 bits per heavy atom. The molecular weight excluding hydrogens is 446 g/mol. The van der Waals surface area contributed by atoms with Crippen molar-refractivity contribution in [3.8, 4) is 16.8 Å². The van der Waals surface area contributed by atoms with Crippen LogP contribution in [0.1, 0.15) is 11.3 Å². The van der Waals surface area contributed by atoms with E-state index in [4.69, 9.17) is 0 Å². The molecule has 0 bridgehead atoms. The van der Waals surface area contributed by atoms with Crippen LogP contribution in [0, 0.1) is 6.92 Å². The van der Waals surface area contributed by atoms with Crippen LogP contribution in [0.15, 0.2) is 83.9 Å². The monoisotopic (exact) mass is 475 g/mol. The molecular formula is C30H29N5O. The standard InChI is InChI=1S/C30H29N5O/c1-21-3-6-24(18-31-21)23-7-11-28-27(17-23)30-25(19-32-28)8-12-29(36)35(30)26-9-4-22(5-10-26)20-34-15-13-33(2)14-16-34/h3-12,17-19H,13-16,20H2,1-2H3. The second-order valence-corrected chi connectivity index (χ2v) is 9.74. The average molecular weight is 476 g/mol. The van der Waals surface area contributed by atoms with Crippen LogP contribution >= 0.6 is 0 Å². The molecule has 6 rings (SSSR count). The molecule has 1 fully saturated rings. The van der Waals surface area contributed by atoms with Gasteiger partial charge in [0.1, 0.15) is 0 Å². The number of rotatable bonds is 4. The molecule has 1 aliphatic heterocycles. The molecule has 0 amide bonds. The number of nitrogens with zero attached hydrogens (tertiary/aromatic N) is 5. The predicted molar refractivity (Wildman–Crippen MR) is 146 cm³/mol. The van der Waals surface area contributed by atoms with Crippen LogP contribution in [0.3, 0.4) is 0 Å². The third-order valence-corrected chi connectivity index (χ3v) is 7.16. The van der Waals surface area contributed by atoms with E-state index in [1.165, 1.54) is 5.56 Å². The third kappa shape index (κ3) is 4.30. The highest BCUT2D eigenvalue weighted by Gasteiger charge is 2.15. The van der Waals surface area contributed by atoms with Gasteiger partial charge in [-0.05, 0) is 61.5 Å². The number of piperazine rings is 1. The van der Waals surface area contributed by atoms with Crippen molar-refractivity contribution < 1.29 is 0 Å². The van der Waals surface area contributed by atoms with Gasteiger partial charge in [0.25, 0.3) is 5.56 Å². The van der Waals surface area contributed by atoms with Gasteiger partial charge in [0.15, 0.2) is 0 Å². The summed E-state index contributed by atoms with van der Waals surface area (Å²) in [5.74, 6) is 0. The molecule has 0 atom stereocenters. The summed E-state index contributed by atoms with van der Waals surface area (Å²) in [7, 11) is 2.17. The predicted octanol–water partition coefficient (Wildman–Crippen LogP) is 4.66. The molecule has 1 saturated heterocycles. The van der Waals surface area contributed by atoms with E-state index in [2.05, 4.69) is 69.3 Å². The Kier molecular flexibility index (Phi) is 5.83. The van der Waals surface area contributed by atoms with Crippen LogP contribution in [0.25, 0.3) is 38.6 Å². The maximum Gasteiger partial charge on any atom is 0.255 e. The quantitative estimate of drug-likeness (QED) is 0.354. The molecule has 4 heterocycles. The highest BCUT2D eigenvalue weighted by Crippen LogP contribution is 2.29. The Labute approximate surface area is 210 Å². The van der Waals surface area contributed by atoms with Crippen molar-refractivity contribution in [2.45, 2.75) is 13.5 Å². The molecule has 0 unspecified atom stereocenters. The van der Waals surface area contributed by atoms with Gasteiger partial charge in [0, 0.05) is 78.9 Å². The summed E-state index contributed by atoms with van der Waals surface area (Å²) in [6.45, 7) is 7.28. The molecule has 180 valence electrons. The fourth-order valence-electron chi connectivity index (χ4n) is 5.00. The molecule has 0 radical (unpaired) electrons. The van der Waals surface area contributed by atoms with Gasteiger partial charge < -0.3 is 4.90 Å². The SMILES string of the molecule is Cc1ccc(-c2ccc3ncc4ccc(=O)n(-c5ccc(CN6CCN(C)CC6)cc5)c4c3c2)cn1. The van der Waals surface area contributed by atoms with E-state index < -0.39 is 0 Å².